The van der Waals surface area contributed by atoms with Crippen LogP contribution in [0.4, 0.5) is 4.79 Å². The average molecular weight is 479 g/mol. The van der Waals surface area contributed by atoms with Gasteiger partial charge in [-0.2, -0.15) is 0 Å². The summed E-state index contributed by atoms with van der Waals surface area (Å²) in [4.78, 5) is 37.0. The van der Waals surface area contributed by atoms with Crippen molar-refractivity contribution < 1.29 is 24.2 Å². The number of fused-ring (bicyclic) bond motifs is 3. The lowest BCUT2D eigenvalue weighted by Gasteiger charge is -2.37. The Kier molecular flexibility index (Phi) is 7.73. The number of rotatable bonds is 10. The van der Waals surface area contributed by atoms with Gasteiger partial charge in [-0.15, -0.1) is 0 Å². The first kappa shape index (κ1) is 24.8. The predicted molar refractivity (Wildman–Crippen MR) is 133 cm³/mol. The monoisotopic (exact) mass is 478 g/mol. The van der Waals surface area contributed by atoms with Gasteiger partial charge in [-0.05, 0) is 53.4 Å². The van der Waals surface area contributed by atoms with Crippen molar-refractivity contribution >= 4 is 18.0 Å². The Morgan fingerprint density at radius 2 is 1.57 bits per heavy atom. The number of nitrogens with one attached hydrogen (secondary N) is 2. The summed E-state index contributed by atoms with van der Waals surface area (Å²) >= 11 is 0. The quantitative estimate of drug-likeness (QED) is 0.459. The minimum absolute atomic E-state index is 0.000837. The molecule has 0 aliphatic heterocycles. The van der Waals surface area contributed by atoms with Gasteiger partial charge in [0.2, 0.25) is 5.91 Å². The third kappa shape index (κ3) is 5.66. The van der Waals surface area contributed by atoms with Gasteiger partial charge in [-0.1, -0.05) is 68.8 Å². The van der Waals surface area contributed by atoms with Crippen molar-refractivity contribution in [3.63, 3.8) is 0 Å². The van der Waals surface area contributed by atoms with E-state index < -0.39 is 18.1 Å². The number of ether oxygens (including phenoxy) is 1. The molecule has 4 rings (SSSR count). The smallest absolute Gasteiger partial charge is 0.407 e. The zero-order chi connectivity index (χ0) is 24.9. The molecule has 1 fully saturated rings. The van der Waals surface area contributed by atoms with Crippen LogP contribution >= 0.6 is 0 Å². The summed E-state index contributed by atoms with van der Waals surface area (Å²) in [6.45, 7) is 4.26. The summed E-state index contributed by atoms with van der Waals surface area (Å²) in [5.41, 5.74) is 4.46. The van der Waals surface area contributed by atoms with Gasteiger partial charge >= 0.3 is 12.1 Å². The van der Waals surface area contributed by atoms with Gasteiger partial charge in [0.1, 0.15) is 12.6 Å². The Hall–Kier alpha value is -3.35. The van der Waals surface area contributed by atoms with Gasteiger partial charge in [0.15, 0.2) is 0 Å². The molecule has 1 saturated carbocycles. The van der Waals surface area contributed by atoms with Crippen molar-refractivity contribution in [3.8, 4) is 11.1 Å². The largest absolute Gasteiger partial charge is 0.481 e. The highest BCUT2D eigenvalue weighted by Crippen LogP contribution is 2.44. The first-order valence-electron chi connectivity index (χ1n) is 12.5. The fourth-order valence-corrected chi connectivity index (χ4v) is 5.21. The fourth-order valence-electron chi connectivity index (χ4n) is 5.21. The molecule has 35 heavy (non-hydrogen) atoms. The summed E-state index contributed by atoms with van der Waals surface area (Å²) < 4.78 is 5.58. The van der Waals surface area contributed by atoms with Crippen molar-refractivity contribution in [2.24, 2.45) is 11.8 Å². The second kappa shape index (κ2) is 10.9. The Morgan fingerprint density at radius 3 is 2.09 bits per heavy atom. The van der Waals surface area contributed by atoms with Crippen LogP contribution in [-0.4, -0.2) is 41.8 Å². The lowest BCUT2D eigenvalue weighted by Crippen LogP contribution is -2.54. The number of aliphatic carboxylic acids is 1. The fraction of sp³-hybridized carbons (Fsp3) is 0.464. The van der Waals surface area contributed by atoms with E-state index in [4.69, 9.17) is 9.84 Å². The van der Waals surface area contributed by atoms with Crippen LogP contribution in [0.5, 0.6) is 0 Å². The van der Waals surface area contributed by atoms with E-state index >= 15 is 0 Å². The second-order valence-corrected chi connectivity index (χ2v) is 9.92. The Labute approximate surface area is 206 Å². The molecular weight excluding hydrogens is 444 g/mol. The molecule has 2 unspecified atom stereocenters. The maximum absolute atomic E-state index is 13.1. The molecule has 7 nitrogen and oxygen atoms in total. The molecule has 0 spiro atoms. The van der Waals surface area contributed by atoms with E-state index in [0.717, 1.165) is 41.5 Å². The van der Waals surface area contributed by atoms with Gasteiger partial charge < -0.3 is 20.5 Å². The Bertz CT molecular complexity index is 1030. The molecule has 2 aromatic carbocycles. The number of carbonyl (C=O) groups is 3. The first-order valence-corrected chi connectivity index (χ1v) is 12.5. The van der Waals surface area contributed by atoms with E-state index in [1.165, 1.54) is 0 Å². The SMILES string of the molecule is CC(C)C(NC(=O)C(CCC(=O)O)NC(=O)OCC1c2ccccc2-c2ccccc21)C1CCC1. The third-order valence-electron chi connectivity index (χ3n) is 7.28. The zero-order valence-electron chi connectivity index (χ0n) is 20.3. The Balaban J connectivity index is 1.41. The summed E-state index contributed by atoms with van der Waals surface area (Å²) in [6, 6.07) is 15.2. The zero-order valence-corrected chi connectivity index (χ0v) is 20.3. The van der Waals surface area contributed by atoms with Crippen LogP contribution in [0.2, 0.25) is 0 Å². The highest BCUT2D eigenvalue weighted by atomic mass is 16.5. The number of carbonyl (C=O) groups excluding carboxylic acids is 2. The molecule has 2 aliphatic carbocycles. The molecule has 3 N–H and O–H groups in total. The van der Waals surface area contributed by atoms with E-state index in [-0.39, 0.29) is 43.2 Å². The van der Waals surface area contributed by atoms with Crippen molar-refractivity contribution in [1.29, 1.82) is 0 Å². The van der Waals surface area contributed by atoms with E-state index in [2.05, 4.69) is 36.6 Å². The van der Waals surface area contributed by atoms with Gasteiger partial charge in [0.25, 0.3) is 0 Å². The molecule has 0 radical (unpaired) electrons. The highest BCUT2D eigenvalue weighted by Gasteiger charge is 2.34. The topological polar surface area (TPSA) is 105 Å². The average Bonchev–Trinajstić information content (AvgIpc) is 3.12. The molecule has 7 heteroatoms. The predicted octanol–water partition coefficient (Wildman–Crippen LogP) is 4.70. The molecule has 2 aliphatic rings. The molecule has 2 atom stereocenters. The van der Waals surface area contributed by atoms with E-state index in [9.17, 15) is 14.4 Å². The molecule has 2 aromatic rings. The van der Waals surface area contributed by atoms with Crippen LogP contribution < -0.4 is 10.6 Å². The maximum Gasteiger partial charge on any atom is 0.407 e. The summed E-state index contributed by atoms with van der Waals surface area (Å²) in [5.74, 6) is -0.794. The first-order chi connectivity index (χ1) is 16.8. The molecule has 0 aromatic heterocycles. The summed E-state index contributed by atoms with van der Waals surface area (Å²) in [7, 11) is 0. The third-order valence-corrected chi connectivity index (χ3v) is 7.28. The van der Waals surface area contributed by atoms with E-state index in [1.807, 2.05) is 36.4 Å². The number of alkyl carbamates (subject to hydrolysis) is 1. The molecule has 0 heterocycles. The maximum atomic E-state index is 13.1. The lowest BCUT2D eigenvalue weighted by molar-refractivity contribution is -0.137. The van der Waals surface area contributed by atoms with Crippen LogP contribution in [0.15, 0.2) is 48.5 Å². The van der Waals surface area contributed by atoms with E-state index in [1.54, 1.807) is 0 Å². The summed E-state index contributed by atoms with van der Waals surface area (Å²) in [5, 5.41) is 14.8. The van der Waals surface area contributed by atoms with Crippen molar-refractivity contribution in [3.05, 3.63) is 59.7 Å². The molecule has 2 amide bonds. The van der Waals surface area contributed by atoms with Gasteiger partial charge in [-0.25, -0.2) is 4.79 Å². The molecule has 0 bridgehead atoms. The van der Waals surface area contributed by atoms with Crippen molar-refractivity contribution in [2.75, 3.05) is 6.61 Å². The van der Waals surface area contributed by atoms with Crippen LogP contribution in [0.25, 0.3) is 11.1 Å². The number of hydrogen-bond acceptors (Lipinski definition) is 4. The normalized spacial score (nSPS) is 16.5. The minimum Gasteiger partial charge on any atom is -0.481 e. The number of hydrogen-bond donors (Lipinski definition) is 3. The van der Waals surface area contributed by atoms with Gasteiger partial charge in [-0.3, -0.25) is 9.59 Å². The van der Waals surface area contributed by atoms with E-state index in [0.29, 0.717) is 5.92 Å². The molecule has 0 saturated heterocycles. The number of amides is 2. The summed E-state index contributed by atoms with van der Waals surface area (Å²) in [6.07, 6.45) is 2.36. The minimum atomic E-state index is -1.02. The van der Waals surface area contributed by atoms with Crippen LogP contribution in [0.1, 0.15) is 63.0 Å². The van der Waals surface area contributed by atoms with Crippen molar-refractivity contribution in [1.82, 2.24) is 10.6 Å². The van der Waals surface area contributed by atoms with Crippen molar-refractivity contribution in [2.45, 2.75) is 64.0 Å². The number of benzene rings is 2. The van der Waals surface area contributed by atoms with Crippen LogP contribution in [0.3, 0.4) is 0 Å². The number of carboxylic acid groups (broad SMARTS) is 1. The highest BCUT2D eigenvalue weighted by molar-refractivity contribution is 5.86. The molecule has 186 valence electrons. The number of carboxylic acids is 1. The van der Waals surface area contributed by atoms with Gasteiger partial charge in [0.05, 0.1) is 0 Å². The molecular formula is C28H34N2O5. The van der Waals surface area contributed by atoms with Gasteiger partial charge in [0, 0.05) is 18.4 Å². The van der Waals surface area contributed by atoms with Crippen LogP contribution in [-0.2, 0) is 14.3 Å². The second-order valence-electron chi connectivity index (χ2n) is 9.92. The lowest BCUT2D eigenvalue weighted by atomic mass is 9.75. The Morgan fingerprint density at radius 1 is 0.971 bits per heavy atom. The van der Waals surface area contributed by atoms with Crippen LogP contribution in [0, 0.1) is 11.8 Å². The standard InChI is InChI=1S/C28H34N2O5/c1-17(2)26(18-8-7-9-18)30-27(33)24(14-15-25(31)32)29-28(34)35-16-23-21-12-5-3-10-19(21)20-11-4-6-13-22(20)23/h3-6,10-13,17-18,23-24,26H,7-9,14-16H2,1-2H3,(H,29,34)(H,30,33)(H,31,32).